The van der Waals surface area contributed by atoms with Gasteiger partial charge in [0, 0.05) is 31.8 Å². The van der Waals surface area contributed by atoms with Crippen LogP contribution < -0.4 is 5.73 Å². The lowest BCUT2D eigenvalue weighted by Crippen LogP contribution is -2.61. The second-order valence-corrected chi connectivity index (χ2v) is 7.28. The lowest BCUT2D eigenvalue weighted by Gasteiger charge is -2.53. The molecule has 0 spiro atoms. The van der Waals surface area contributed by atoms with Crippen LogP contribution in [0.5, 0.6) is 0 Å². The second-order valence-electron chi connectivity index (χ2n) is 7.28. The Morgan fingerprint density at radius 1 is 1.20 bits per heavy atom. The molecule has 20 heavy (non-hydrogen) atoms. The van der Waals surface area contributed by atoms with E-state index in [9.17, 15) is 0 Å². The van der Waals surface area contributed by atoms with Gasteiger partial charge in [-0.05, 0) is 37.5 Å². The SMILES string of the molecule is CCC(CC)N(CCOC)C1(CN)CCCC(C)(C)C1. The highest BCUT2D eigenvalue weighted by molar-refractivity contribution is 5.01. The molecule has 3 heteroatoms. The van der Waals surface area contributed by atoms with Crippen molar-refractivity contribution in [3.8, 4) is 0 Å². The van der Waals surface area contributed by atoms with Crippen LogP contribution in [-0.4, -0.2) is 43.3 Å². The van der Waals surface area contributed by atoms with Gasteiger partial charge in [-0.25, -0.2) is 0 Å². The first-order chi connectivity index (χ1) is 9.44. The van der Waals surface area contributed by atoms with Crippen LogP contribution in [0.2, 0.25) is 0 Å². The van der Waals surface area contributed by atoms with Crippen LogP contribution in [0.3, 0.4) is 0 Å². The van der Waals surface area contributed by atoms with Crippen molar-refractivity contribution in [1.82, 2.24) is 4.90 Å². The molecule has 0 heterocycles. The van der Waals surface area contributed by atoms with Gasteiger partial charge in [0.05, 0.1) is 6.61 Å². The molecule has 0 aromatic rings. The number of methoxy groups -OCH3 is 1. The molecule has 120 valence electrons. The summed E-state index contributed by atoms with van der Waals surface area (Å²) in [6.07, 6.45) is 7.48. The molecule has 2 N–H and O–H groups in total. The molecule has 0 radical (unpaired) electrons. The largest absolute Gasteiger partial charge is 0.383 e. The molecule has 1 unspecified atom stereocenters. The van der Waals surface area contributed by atoms with E-state index >= 15 is 0 Å². The fourth-order valence-corrected chi connectivity index (χ4v) is 4.23. The number of hydrogen-bond acceptors (Lipinski definition) is 3. The van der Waals surface area contributed by atoms with Crippen LogP contribution in [-0.2, 0) is 4.74 Å². The highest BCUT2D eigenvalue weighted by Crippen LogP contribution is 2.44. The Kier molecular flexibility index (Phi) is 6.96. The minimum atomic E-state index is 0.178. The van der Waals surface area contributed by atoms with Crippen LogP contribution in [0, 0.1) is 5.41 Å². The van der Waals surface area contributed by atoms with E-state index in [1.165, 1.54) is 38.5 Å². The van der Waals surface area contributed by atoms with Crippen molar-refractivity contribution in [2.75, 3.05) is 26.8 Å². The van der Waals surface area contributed by atoms with Crippen LogP contribution in [0.1, 0.15) is 66.2 Å². The highest BCUT2D eigenvalue weighted by atomic mass is 16.5. The predicted octanol–water partition coefficient (Wildman–Crippen LogP) is 3.42. The van der Waals surface area contributed by atoms with Gasteiger partial charge in [-0.3, -0.25) is 4.90 Å². The van der Waals surface area contributed by atoms with Crippen LogP contribution in [0.15, 0.2) is 0 Å². The van der Waals surface area contributed by atoms with Crippen LogP contribution in [0.4, 0.5) is 0 Å². The maximum atomic E-state index is 6.30. The van der Waals surface area contributed by atoms with Crippen LogP contribution in [0.25, 0.3) is 0 Å². The summed E-state index contributed by atoms with van der Waals surface area (Å²) >= 11 is 0. The fourth-order valence-electron chi connectivity index (χ4n) is 4.23. The summed E-state index contributed by atoms with van der Waals surface area (Å²) in [5.41, 5.74) is 6.89. The van der Waals surface area contributed by atoms with Gasteiger partial charge in [0.1, 0.15) is 0 Å². The van der Waals surface area contributed by atoms with Gasteiger partial charge in [-0.1, -0.05) is 34.1 Å². The molecule has 3 nitrogen and oxygen atoms in total. The summed E-state index contributed by atoms with van der Waals surface area (Å²) in [6, 6.07) is 0.627. The van der Waals surface area contributed by atoms with Crippen molar-refractivity contribution in [1.29, 1.82) is 0 Å². The lowest BCUT2D eigenvalue weighted by molar-refractivity contribution is -0.0328. The second kappa shape index (κ2) is 7.77. The zero-order chi connectivity index (χ0) is 15.2. The third-order valence-corrected chi connectivity index (χ3v) is 5.21. The third kappa shape index (κ3) is 4.19. The standard InChI is InChI=1S/C17H36N2O/c1-6-15(7-2)19(11-12-20-5)17(14-18)10-8-9-16(3,4)13-17/h15H,6-14,18H2,1-5H3. The topological polar surface area (TPSA) is 38.5 Å². The van der Waals surface area contributed by atoms with E-state index in [0.29, 0.717) is 11.5 Å². The summed E-state index contributed by atoms with van der Waals surface area (Å²) in [5, 5.41) is 0. The number of hydrogen-bond donors (Lipinski definition) is 1. The summed E-state index contributed by atoms with van der Waals surface area (Å²) in [4.78, 5) is 2.69. The fraction of sp³-hybridized carbons (Fsp3) is 1.00. The molecule has 1 atom stereocenters. The monoisotopic (exact) mass is 284 g/mol. The quantitative estimate of drug-likeness (QED) is 0.742. The Morgan fingerprint density at radius 2 is 1.85 bits per heavy atom. The van der Waals surface area contributed by atoms with Gasteiger partial charge in [-0.2, -0.15) is 0 Å². The molecule has 0 aromatic carbocycles. The van der Waals surface area contributed by atoms with Gasteiger partial charge in [0.2, 0.25) is 0 Å². The molecular formula is C17H36N2O. The van der Waals surface area contributed by atoms with E-state index in [4.69, 9.17) is 10.5 Å². The molecule has 1 aliphatic rings. The molecule has 0 bridgehead atoms. The maximum absolute atomic E-state index is 6.30. The minimum Gasteiger partial charge on any atom is -0.383 e. The van der Waals surface area contributed by atoms with E-state index < -0.39 is 0 Å². The first-order valence-electron chi connectivity index (χ1n) is 8.40. The number of ether oxygens (including phenoxy) is 1. The Balaban J connectivity index is 2.98. The number of nitrogens with zero attached hydrogens (tertiary/aromatic N) is 1. The smallest absolute Gasteiger partial charge is 0.0590 e. The van der Waals surface area contributed by atoms with Crippen molar-refractivity contribution < 1.29 is 4.74 Å². The van der Waals surface area contributed by atoms with Crippen molar-refractivity contribution in [3.05, 3.63) is 0 Å². The van der Waals surface area contributed by atoms with Crippen molar-refractivity contribution in [2.24, 2.45) is 11.1 Å². The third-order valence-electron chi connectivity index (χ3n) is 5.21. The molecule has 1 fully saturated rings. The summed E-state index contributed by atoms with van der Waals surface area (Å²) in [7, 11) is 1.80. The Bertz CT molecular complexity index is 276. The first-order valence-corrected chi connectivity index (χ1v) is 8.40. The van der Waals surface area contributed by atoms with E-state index in [0.717, 1.165) is 19.7 Å². The van der Waals surface area contributed by atoms with Gasteiger partial charge in [0.15, 0.2) is 0 Å². The molecule has 0 saturated heterocycles. The van der Waals surface area contributed by atoms with Gasteiger partial charge < -0.3 is 10.5 Å². The van der Waals surface area contributed by atoms with Crippen molar-refractivity contribution >= 4 is 0 Å². The Morgan fingerprint density at radius 3 is 2.30 bits per heavy atom. The number of nitrogens with two attached hydrogens (primary N) is 1. The Hall–Kier alpha value is -0.120. The summed E-state index contributed by atoms with van der Waals surface area (Å²) < 4.78 is 5.36. The summed E-state index contributed by atoms with van der Waals surface area (Å²) in [5.74, 6) is 0. The van der Waals surface area contributed by atoms with E-state index in [1.54, 1.807) is 7.11 Å². The van der Waals surface area contributed by atoms with E-state index in [-0.39, 0.29) is 5.54 Å². The predicted molar refractivity (Wildman–Crippen MR) is 87.0 cm³/mol. The normalized spacial score (nSPS) is 26.4. The lowest BCUT2D eigenvalue weighted by atomic mass is 9.67. The minimum absolute atomic E-state index is 0.178. The molecule has 1 rings (SSSR count). The zero-order valence-corrected chi connectivity index (χ0v) is 14.4. The van der Waals surface area contributed by atoms with Crippen molar-refractivity contribution in [3.63, 3.8) is 0 Å². The maximum Gasteiger partial charge on any atom is 0.0590 e. The highest BCUT2D eigenvalue weighted by Gasteiger charge is 2.44. The Labute approximate surface area is 126 Å². The van der Waals surface area contributed by atoms with Crippen molar-refractivity contribution in [2.45, 2.75) is 77.8 Å². The van der Waals surface area contributed by atoms with Gasteiger partial charge in [0.25, 0.3) is 0 Å². The molecular weight excluding hydrogens is 248 g/mol. The summed E-state index contributed by atoms with van der Waals surface area (Å²) in [6.45, 7) is 12.0. The molecule has 0 amide bonds. The number of rotatable bonds is 8. The molecule has 1 aliphatic carbocycles. The molecule has 0 aliphatic heterocycles. The van der Waals surface area contributed by atoms with E-state index in [1.807, 2.05) is 0 Å². The van der Waals surface area contributed by atoms with E-state index in [2.05, 4.69) is 32.6 Å². The van der Waals surface area contributed by atoms with Gasteiger partial charge >= 0.3 is 0 Å². The van der Waals surface area contributed by atoms with Crippen LogP contribution >= 0.6 is 0 Å². The van der Waals surface area contributed by atoms with Gasteiger partial charge in [-0.15, -0.1) is 0 Å². The first kappa shape index (κ1) is 17.9. The average Bonchev–Trinajstić information content (AvgIpc) is 2.42. The average molecular weight is 284 g/mol. The molecule has 0 aromatic heterocycles. The molecule has 1 saturated carbocycles. The zero-order valence-electron chi connectivity index (χ0n) is 14.4.